The van der Waals surface area contributed by atoms with Crippen LogP contribution < -0.4 is 10.6 Å². The summed E-state index contributed by atoms with van der Waals surface area (Å²) in [4.78, 5) is 40.2. The number of aryl methyl sites for hydroxylation is 1. The zero-order chi connectivity index (χ0) is 24.6. The van der Waals surface area contributed by atoms with E-state index in [9.17, 15) is 14.4 Å². The number of carbonyl (C=O) groups excluding carboxylic acids is 3. The average Bonchev–Trinajstić information content (AvgIpc) is 3.17. The first-order chi connectivity index (χ1) is 15.6. The molecule has 1 aromatic heterocycles. The van der Waals surface area contributed by atoms with Gasteiger partial charge >= 0.3 is 0 Å². The molecular formula is C24H31ClN4O4. The van der Waals surface area contributed by atoms with E-state index in [-0.39, 0.29) is 42.9 Å². The Balaban J connectivity index is 2.25. The first-order valence-corrected chi connectivity index (χ1v) is 11.2. The van der Waals surface area contributed by atoms with E-state index in [1.54, 1.807) is 37.3 Å². The number of carbonyl (C=O) groups is 3. The number of rotatable bonds is 11. The Morgan fingerprint density at radius 1 is 1.27 bits per heavy atom. The fraction of sp³-hybridized carbons (Fsp3) is 0.417. The van der Waals surface area contributed by atoms with Crippen molar-refractivity contribution in [3.05, 3.63) is 59.3 Å². The fourth-order valence-corrected chi connectivity index (χ4v) is 3.36. The molecule has 3 amide bonds. The summed E-state index contributed by atoms with van der Waals surface area (Å²) < 4.78 is 4.92. The highest BCUT2D eigenvalue weighted by atomic mass is 35.5. The van der Waals surface area contributed by atoms with E-state index in [0.717, 1.165) is 0 Å². The van der Waals surface area contributed by atoms with Gasteiger partial charge < -0.3 is 20.1 Å². The number of hydrogen-bond donors (Lipinski definition) is 2. The zero-order valence-corrected chi connectivity index (χ0v) is 20.2. The Bertz CT molecular complexity index is 1000. The van der Waals surface area contributed by atoms with Crippen LogP contribution in [-0.4, -0.2) is 39.9 Å². The largest absolute Gasteiger partial charge is 0.360 e. The molecule has 0 aliphatic carbocycles. The number of anilines is 1. The average molecular weight is 475 g/mol. The minimum Gasteiger partial charge on any atom is -0.360 e. The van der Waals surface area contributed by atoms with Crippen LogP contribution in [0.3, 0.4) is 0 Å². The number of nitrogens with zero attached hydrogens (tertiary/aromatic N) is 2. The van der Waals surface area contributed by atoms with Crippen molar-refractivity contribution in [2.45, 2.75) is 58.5 Å². The summed E-state index contributed by atoms with van der Waals surface area (Å²) in [6, 6.07) is 7.51. The maximum Gasteiger partial charge on any atom is 0.247 e. The Kier molecular flexibility index (Phi) is 9.22. The van der Waals surface area contributed by atoms with Gasteiger partial charge in [-0.15, -0.1) is 6.58 Å². The first-order valence-electron chi connectivity index (χ1n) is 10.8. The highest BCUT2D eigenvalue weighted by molar-refractivity contribution is 6.31. The summed E-state index contributed by atoms with van der Waals surface area (Å²) in [6.45, 7) is 11.3. The Morgan fingerprint density at radius 3 is 2.55 bits per heavy atom. The number of hydrogen-bond acceptors (Lipinski definition) is 5. The molecule has 0 fully saturated rings. The molecule has 1 atom stereocenters. The van der Waals surface area contributed by atoms with Crippen LogP contribution in [0.4, 0.5) is 5.82 Å². The van der Waals surface area contributed by atoms with Crippen LogP contribution in [0.2, 0.25) is 5.02 Å². The van der Waals surface area contributed by atoms with Crippen molar-refractivity contribution in [1.29, 1.82) is 0 Å². The lowest BCUT2D eigenvalue weighted by molar-refractivity contribution is -0.141. The van der Waals surface area contributed by atoms with Crippen molar-refractivity contribution in [2.75, 3.05) is 11.9 Å². The van der Waals surface area contributed by atoms with Gasteiger partial charge in [0.25, 0.3) is 0 Å². The summed E-state index contributed by atoms with van der Waals surface area (Å²) in [5.41, 5.74) is 0.0241. The number of benzene rings is 1. The molecule has 2 rings (SSSR count). The van der Waals surface area contributed by atoms with Gasteiger partial charge in [0.05, 0.1) is 0 Å². The summed E-state index contributed by atoms with van der Waals surface area (Å²) >= 11 is 6.41. The molecule has 0 aliphatic rings. The summed E-state index contributed by atoms with van der Waals surface area (Å²) in [5, 5.41) is 9.66. The number of halogens is 1. The van der Waals surface area contributed by atoms with E-state index in [1.807, 2.05) is 20.8 Å². The van der Waals surface area contributed by atoms with Crippen molar-refractivity contribution in [1.82, 2.24) is 15.4 Å². The smallest absolute Gasteiger partial charge is 0.247 e. The second kappa shape index (κ2) is 11.7. The second-order valence-corrected chi connectivity index (χ2v) is 8.76. The second-order valence-electron chi connectivity index (χ2n) is 8.36. The number of amides is 3. The van der Waals surface area contributed by atoms with Gasteiger partial charge in [-0.05, 0) is 33.3 Å². The van der Waals surface area contributed by atoms with Crippen LogP contribution in [0, 0.1) is 6.92 Å². The predicted molar refractivity (Wildman–Crippen MR) is 128 cm³/mol. The zero-order valence-electron chi connectivity index (χ0n) is 19.5. The number of nitrogens with one attached hydrogen (secondary N) is 2. The first kappa shape index (κ1) is 26.1. The summed E-state index contributed by atoms with van der Waals surface area (Å²) in [7, 11) is 0. The molecule has 1 heterocycles. The molecule has 0 saturated carbocycles. The van der Waals surface area contributed by atoms with E-state index in [2.05, 4.69) is 22.4 Å². The van der Waals surface area contributed by atoms with Crippen molar-refractivity contribution >= 4 is 35.1 Å². The molecular weight excluding hydrogens is 444 g/mol. The van der Waals surface area contributed by atoms with E-state index in [4.69, 9.17) is 16.1 Å². The predicted octanol–water partition coefficient (Wildman–Crippen LogP) is 4.42. The Morgan fingerprint density at radius 2 is 1.97 bits per heavy atom. The maximum atomic E-state index is 13.4. The molecule has 0 bridgehead atoms. The normalized spacial score (nSPS) is 12.0. The minimum atomic E-state index is -0.976. The van der Waals surface area contributed by atoms with Crippen molar-refractivity contribution in [3.63, 3.8) is 0 Å². The molecule has 9 heteroatoms. The third-order valence-corrected chi connectivity index (χ3v) is 5.56. The molecule has 2 aromatic rings. The van der Waals surface area contributed by atoms with Gasteiger partial charge in [0.2, 0.25) is 17.7 Å². The molecule has 0 saturated heterocycles. The van der Waals surface area contributed by atoms with E-state index >= 15 is 0 Å². The molecule has 0 aliphatic heterocycles. The minimum absolute atomic E-state index is 0.0876. The van der Waals surface area contributed by atoms with Crippen molar-refractivity contribution in [3.8, 4) is 0 Å². The fourth-order valence-electron chi connectivity index (χ4n) is 3.12. The molecule has 2 N–H and O–H groups in total. The highest BCUT2D eigenvalue weighted by Gasteiger charge is 2.34. The Hall–Kier alpha value is -3.13. The SMILES string of the molecule is C=CCN(C(=O)CCC(=O)Nc1cc(C)on1)[C@@H](C(=O)NC(C)(C)CC)c1ccccc1Cl. The summed E-state index contributed by atoms with van der Waals surface area (Å²) in [5.74, 6) is -0.283. The van der Waals surface area contributed by atoms with Crippen molar-refractivity contribution < 1.29 is 18.9 Å². The third kappa shape index (κ3) is 7.46. The summed E-state index contributed by atoms with van der Waals surface area (Å²) in [6.07, 6.45) is 2.04. The van der Waals surface area contributed by atoms with Gasteiger partial charge in [-0.2, -0.15) is 0 Å². The van der Waals surface area contributed by atoms with Crippen LogP contribution in [0.5, 0.6) is 0 Å². The lowest BCUT2D eigenvalue weighted by atomic mass is 9.98. The van der Waals surface area contributed by atoms with Gasteiger partial charge in [-0.1, -0.05) is 48.0 Å². The van der Waals surface area contributed by atoms with Gasteiger partial charge in [0, 0.05) is 41.6 Å². The molecule has 0 unspecified atom stereocenters. The van der Waals surface area contributed by atoms with Crippen molar-refractivity contribution in [2.24, 2.45) is 0 Å². The van der Waals surface area contributed by atoms with Gasteiger partial charge in [0.1, 0.15) is 11.8 Å². The maximum absolute atomic E-state index is 13.4. The van der Waals surface area contributed by atoms with Crippen LogP contribution >= 0.6 is 11.6 Å². The third-order valence-electron chi connectivity index (χ3n) is 5.21. The lowest BCUT2D eigenvalue weighted by Crippen LogP contribution is -2.50. The molecule has 0 spiro atoms. The number of aromatic nitrogens is 1. The Labute approximate surface area is 199 Å². The lowest BCUT2D eigenvalue weighted by Gasteiger charge is -2.34. The molecule has 8 nitrogen and oxygen atoms in total. The van der Waals surface area contributed by atoms with Crippen LogP contribution in [0.1, 0.15) is 57.4 Å². The van der Waals surface area contributed by atoms with Gasteiger partial charge in [0.15, 0.2) is 5.82 Å². The molecule has 33 heavy (non-hydrogen) atoms. The standard InChI is InChI=1S/C24H31ClN4O4/c1-6-14-29(21(31)13-12-20(30)26-19-15-16(3)33-28-19)22(17-10-8-9-11-18(17)25)23(32)27-24(4,5)7-2/h6,8-11,15,22H,1,7,12-14H2,2-5H3,(H,27,32)(H,26,28,30)/t22-/m1/s1. The van der Waals surface area contributed by atoms with Crippen LogP contribution in [-0.2, 0) is 14.4 Å². The topological polar surface area (TPSA) is 105 Å². The quantitative estimate of drug-likeness (QED) is 0.469. The highest BCUT2D eigenvalue weighted by Crippen LogP contribution is 2.29. The molecule has 0 radical (unpaired) electrons. The monoisotopic (exact) mass is 474 g/mol. The van der Waals surface area contributed by atoms with Crippen LogP contribution in [0.25, 0.3) is 0 Å². The van der Waals surface area contributed by atoms with Crippen LogP contribution in [0.15, 0.2) is 47.5 Å². The molecule has 1 aromatic carbocycles. The van der Waals surface area contributed by atoms with Gasteiger partial charge in [-0.25, -0.2) is 0 Å². The molecule has 178 valence electrons. The van der Waals surface area contributed by atoms with Gasteiger partial charge in [-0.3, -0.25) is 14.4 Å². The van der Waals surface area contributed by atoms with E-state index < -0.39 is 11.6 Å². The van der Waals surface area contributed by atoms with E-state index in [1.165, 1.54) is 11.0 Å². The van der Waals surface area contributed by atoms with E-state index in [0.29, 0.717) is 22.8 Å².